The smallest absolute Gasteiger partial charge is 0.286 e. The van der Waals surface area contributed by atoms with Crippen LogP contribution in [-0.4, -0.2) is 47.0 Å². The van der Waals surface area contributed by atoms with Crippen molar-refractivity contribution in [2.45, 2.75) is 70.6 Å². The molecule has 7 nitrogen and oxygen atoms in total. The van der Waals surface area contributed by atoms with Crippen LogP contribution in [-0.2, 0) is 14.3 Å². The van der Waals surface area contributed by atoms with E-state index in [-0.39, 0.29) is 42.1 Å². The number of amides is 1. The molecule has 1 aromatic carbocycles. The number of fused-ring (bicyclic) bond motifs is 3. The Morgan fingerprint density at radius 3 is 2.74 bits per heavy atom. The van der Waals surface area contributed by atoms with Crippen molar-refractivity contribution in [3.8, 4) is 0 Å². The van der Waals surface area contributed by atoms with Crippen LogP contribution in [0.3, 0.4) is 0 Å². The van der Waals surface area contributed by atoms with Crippen molar-refractivity contribution in [3.05, 3.63) is 47.9 Å². The molecule has 0 spiro atoms. The third-order valence-corrected chi connectivity index (χ3v) is 8.13. The minimum absolute atomic E-state index is 0.0639. The SMILES string of the molecule is CCO[C@H]1OC(C(=O)NC2CC3CCC2C3)=C[C@@H](c2cn(C(C)=O)c3ccccc23)[C@H]1CCCO. The quantitative estimate of drug-likeness (QED) is 0.586. The van der Waals surface area contributed by atoms with Crippen LogP contribution >= 0.6 is 0 Å². The summed E-state index contributed by atoms with van der Waals surface area (Å²) in [6.07, 6.45) is 9.18. The van der Waals surface area contributed by atoms with Gasteiger partial charge >= 0.3 is 0 Å². The zero-order valence-corrected chi connectivity index (χ0v) is 20.6. The van der Waals surface area contributed by atoms with Gasteiger partial charge in [-0.2, -0.15) is 0 Å². The highest BCUT2D eigenvalue weighted by Crippen LogP contribution is 2.45. The van der Waals surface area contributed by atoms with E-state index in [2.05, 4.69) is 5.32 Å². The lowest BCUT2D eigenvalue weighted by Crippen LogP contribution is -2.43. The maximum atomic E-state index is 13.4. The summed E-state index contributed by atoms with van der Waals surface area (Å²) >= 11 is 0. The number of aromatic nitrogens is 1. The molecule has 2 bridgehead atoms. The average Bonchev–Trinajstić information content (AvgIpc) is 3.57. The van der Waals surface area contributed by atoms with E-state index in [1.54, 1.807) is 11.5 Å². The van der Waals surface area contributed by atoms with Gasteiger partial charge in [0.05, 0.1) is 5.52 Å². The van der Waals surface area contributed by atoms with Crippen molar-refractivity contribution >= 4 is 22.7 Å². The molecule has 7 heteroatoms. The first-order valence-electron chi connectivity index (χ1n) is 13.0. The van der Waals surface area contributed by atoms with Gasteiger partial charge in [-0.15, -0.1) is 0 Å². The van der Waals surface area contributed by atoms with Crippen molar-refractivity contribution in [2.75, 3.05) is 13.2 Å². The molecule has 3 unspecified atom stereocenters. The number of carbonyl (C=O) groups excluding carboxylic acids is 2. The molecule has 0 saturated heterocycles. The summed E-state index contributed by atoms with van der Waals surface area (Å²) in [6, 6.07) is 8.05. The Labute approximate surface area is 206 Å². The Morgan fingerprint density at radius 1 is 1.23 bits per heavy atom. The number of nitrogens with zero attached hydrogens (tertiary/aromatic N) is 1. The second-order valence-electron chi connectivity index (χ2n) is 10.3. The molecular formula is C28H36N2O5. The number of para-hydroxylation sites is 1. The second kappa shape index (κ2) is 10.2. The van der Waals surface area contributed by atoms with Crippen molar-refractivity contribution < 1.29 is 24.2 Å². The fraction of sp³-hybridized carbons (Fsp3) is 0.571. The standard InChI is InChI=1S/C28H36N2O5/c1-3-34-28-21(8-6-12-31)22(23-16-30(17(2)32)25-9-5-4-7-20(23)25)15-26(35-28)27(33)29-24-14-18-10-11-19(24)13-18/h4-5,7,9,15-16,18-19,21-22,24,28,31H,3,6,8,10-14H2,1-2H3,(H,29,33)/t18?,19?,21-,22-,24?,28+/m1/s1. The van der Waals surface area contributed by atoms with Crippen LogP contribution in [0.5, 0.6) is 0 Å². The lowest BCUT2D eigenvalue weighted by atomic mass is 9.80. The molecule has 1 aliphatic heterocycles. The number of benzene rings is 1. The normalized spacial score (nSPS) is 29.7. The molecule has 2 aliphatic carbocycles. The van der Waals surface area contributed by atoms with Crippen LogP contribution < -0.4 is 5.32 Å². The number of aliphatic hydroxyl groups excluding tert-OH is 1. The molecule has 2 heterocycles. The van der Waals surface area contributed by atoms with E-state index in [1.165, 1.54) is 19.3 Å². The monoisotopic (exact) mass is 480 g/mol. The summed E-state index contributed by atoms with van der Waals surface area (Å²) in [5.74, 6) is 1.04. The average molecular weight is 481 g/mol. The number of allylic oxidation sites excluding steroid dienone is 1. The predicted octanol–water partition coefficient (Wildman–Crippen LogP) is 4.36. The molecule has 2 aromatic rings. The second-order valence-corrected chi connectivity index (χ2v) is 10.3. The zero-order chi connectivity index (χ0) is 24.5. The fourth-order valence-corrected chi connectivity index (χ4v) is 6.52. The minimum atomic E-state index is -0.609. The highest BCUT2D eigenvalue weighted by Gasteiger charge is 2.43. The molecule has 188 valence electrons. The molecule has 3 aliphatic rings. The van der Waals surface area contributed by atoms with Gasteiger partial charge in [-0.1, -0.05) is 24.6 Å². The summed E-state index contributed by atoms with van der Waals surface area (Å²) in [6.45, 7) is 3.98. The van der Waals surface area contributed by atoms with E-state index >= 15 is 0 Å². The Hall–Kier alpha value is -2.64. The fourth-order valence-electron chi connectivity index (χ4n) is 6.52. The van der Waals surface area contributed by atoms with Crippen LogP contribution in [0.4, 0.5) is 0 Å². The molecule has 35 heavy (non-hydrogen) atoms. The lowest BCUT2D eigenvalue weighted by Gasteiger charge is -2.37. The highest BCUT2D eigenvalue weighted by atomic mass is 16.7. The number of carbonyl (C=O) groups is 2. The topological polar surface area (TPSA) is 89.8 Å². The van der Waals surface area contributed by atoms with Crippen molar-refractivity contribution in [2.24, 2.45) is 17.8 Å². The van der Waals surface area contributed by atoms with Crippen LogP contribution in [0, 0.1) is 17.8 Å². The Balaban J connectivity index is 1.53. The Kier molecular flexibility index (Phi) is 6.98. The third kappa shape index (κ3) is 4.64. The first-order chi connectivity index (χ1) is 17.0. The van der Waals surface area contributed by atoms with E-state index in [0.29, 0.717) is 25.4 Å². The van der Waals surface area contributed by atoms with Gasteiger partial charge < -0.3 is 19.9 Å². The molecule has 6 atom stereocenters. The summed E-state index contributed by atoms with van der Waals surface area (Å²) in [5.41, 5.74) is 1.81. The summed E-state index contributed by atoms with van der Waals surface area (Å²) in [7, 11) is 0. The Morgan fingerprint density at radius 2 is 2.06 bits per heavy atom. The number of hydrogen-bond donors (Lipinski definition) is 2. The number of ether oxygens (including phenoxy) is 2. The summed E-state index contributed by atoms with van der Waals surface area (Å²) < 4.78 is 13.9. The molecular weight excluding hydrogens is 444 g/mol. The molecule has 2 saturated carbocycles. The maximum absolute atomic E-state index is 13.4. The van der Waals surface area contributed by atoms with Crippen LogP contribution in [0.2, 0.25) is 0 Å². The maximum Gasteiger partial charge on any atom is 0.286 e. The molecule has 1 aromatic heterocycles. The highest BCUT2D eigenvalue weighted by molar-refractivity contribution is 5.95. The third-order valence-electron chi connectivity index (χ3n) is 8.13. The van der Waals surface area contributed by atoms with Crippen molar-refractivity contribution in [3.63, 3.8) is 0 Å². The molecule has 0 radical (unpaired) electrons. The van der Waals surface area contributed by atoms with E-state index < -0.39 is 6.29 Å². The van der Waals surface area contributed by atoms with Gasteiger partial charge in [-0.05, 0) is 68.6 Å². The zero-order valence-electron chi connectivity index (χ0n) is 20.6. The van der Waals surface area contributed by atoms with Crippen LogP contribution in [0.1, 0.15) is 68.6 Å². The molecule has 5 rings (SSSR count). The van der Waals surface area contributed by atoms with Crippen LogP contribution in [0.25, 0.3) is 10.9 Å². The van der Waals surface area contributed by atoms with Gasteiger partial charge in [0.25, 0.3) is 5.91 Å². The number of nitrogens with one attached hydrogen (secondary N) is 1. The summed E-state index contributed by atoms with van der Waals surface area (Å²) in [4.78, 5) is 25.8. The van der Waals surface area contributed by atoms with Crippen LogP contribution in [0.15, 0.2) is 42.3 Å². The summed E-state index contributed by atoms with van der Waals surface area (Å²) in [5, 5.41) is 13.8. The van der Waals surface area contributed by atoms with Gasteiger partial charge in [-0.25, -0.2) is 0 Å². The minimum Gasteiger partial charge on any atom is -0.459 e. The number of hydrogen-bond acceptors (Lipinski definition) is 5. The van der Waals surface area contributed by atoms with Gasteiger partial charge in [-0.3, -0.25) is 14.2 Å². The first kappa shape index (κ1) is 24.1. The lowest BCUT2D eigenvalue weighted by molar-refractivity contribution is -0.166. The van der Waals surface area contributed by atoms with Gasteiger partial charge in [0.1, 0.15) is 0 Å². The van der Waals surface area contributed by atoms with E-state index in [9.17, 15) is 14.7 Å². The first-order valence-corrected chi connectivity index (χ1v) is 13.0. The van der Waals surface area contributed by atoms with Crippen molar-refractivity contribution in [1.29, 1.82) is 0 Å². The Bertz CT molecular complexity index is 1120. The molecule has 2 N–H and O–H groups in total. The van der Waals surface area contributed by atoms with Gasteiger partial charge in [0.15, 0.2) is 5.76 Å². The van der Waals surface area contributed by atoms with E-state index in [4.69, 9.17) is 9.47 Å². The van der Waals surface area contributed by atoms with E-state index in [1.807, 2.05) is 43.5 Å². The van der Waals surface area contributed by atoms with Gasteiger partial charge in [0.2, 0.25) is 12.2 Å². The predicted molar refractivity (Wildman–Crippen MR) is 133 cm³/mol. The number of rotatable bonds is 8. The van der Waals surface area contributed by atoms with E-state index in [0.717, 1.165) is 28.8 Å². The molecule has 1 amide bonds. The van der Waals surface area contributed by atoms with Gasteiger partial charge in [0, 0.05) is 49.6 Å². The largest absolute Gasteiger partial charge is 0.459 e. The van der Waals surface area contributed by atoms with Crippen molar-refractivity contribution in [1.82, 2.24) is 9.88 Å². The molecule has 2 fully saturated rings. The number of aliphatic hydroxyl groups is 1.